The molecule has 6 heteroatoms. The second-order valence-electron chi connectivity index (χ2n) is 4.21. The first-order valence-electron chi connectivity index (χ1n) is 6.39. The molecule has 2 N–H and O–H groups in total. The number of carbonyl (C=O) groups is 1. The van der Waals surface area contributed by atoms with E-state index >= 15 is 0 Å². The van der Waals surface area contributed by atoms with Gasteiger partial charge in [-0.05, 0) is 18.2 Å². The molecule has 0 spiro atoms. The molecule has 0 bridgehead atoms. The van der Waals surface area contributed by atoms with Crippen molar-refractivity contribution in [2.75, 3.05) is 24.9 Å². The van der Waals surface area contributed by atoms with E-state index < -0.39 is 6.09 Å². The van der Waals surface area contributed by atoms with E-state index in [-0.39, 0.29) is 0 Å². The van der Waals surface area contributed by atoms with Crippen molar-refractivity contribution in [3.05, 3.63) is 48.2 Å². The van der Waals surface area contributed by atoms with Gasteiger partial charge in [0.25, 0.3) is 0 Å². The molecule has 0 aliphatic carbocycles. The molecular weight excluding hydrogens is 270 g/mol. The summed E-state index contributed by atoms with van der Waals surface area (Å²) in [5.74, 6) is 1.27. The fraction of sp³-hybridized carbons (Fsp3) is 0.200. The summed E-state index contributed by atoms with van der Waals surface area (Å²) in [4.78, 5) is 15.2. The number of hydrogen-bond acceptors (Lipinski definition) is 5. The van der Waals surface area contributed by atoms with Gasteiger partial charge in [0.1, 0.15) is 11.6 Å². The largest absolute Gasteiger partial charge is 0.496 e. The minimum absolute atomic E-state index is 0.435. The van der Waals surface area contributed by atoms with Gasteiger partial charge in [-0.1, -0.05) is 18.2 Å². The average Bonchev–Trinajstić information content (AvgIpc) is 2.54. The Hall–Kier alpha value is -2.76. The lowest BCUT2D eigenvalue weighted by molar-refractivity contribution is 0.187. The maximum Gasteiger partial charge on any atom is 0.412 e. The molecule has 1 heterocycles. The van der Waals surface area contributed by atoms with Crippen LogP contribution < -0.4 is 15.4 Å². The SMILES string of the molecule is COC(=O)Nc1ccc(NCc2ccccc2OC)cn1. The van der Waals surface area contributed by atoms with Crippen LogP contribution in [-0.2, 0) is 11.3 Å². The number of nitrogens with zero attached hydrogens (tertiary/aromatic N) is 1. The molecule has 2 rings (SSSR count). The minimum atomic E-state index is -0.544. The lowest BCUT2D eigenvalue weighted by atomic mass is 10.2. The molecule has 0 atom stereocenters. The number of pyridine rings is 1. The van der Waals surface area contributed by atoms with Crippen molar-refractivity contribution in [2.24, 2.45) is 0 Å². The summed E-state index contributed by atoms with van der Waals surface area (Å²) in [7, 11) is 2.95. The predicted molar refractivity (Wildman–Crippen MR) is 80.6 cm³/mol. The third-order valence-corrected chi connectivity index (χ3v) is 2.85. The van der Waals surface area contributed by atoms with E-state index in [1.165, 1.54) is 7.11 Å². The van der Waals surface area contributed by atoms with E-state index in [0.29, 0.717) is 12.4 Å². The number of amides is 1. The third kappa shape index (κ3) is 4.10. The molecule has 0 unspecified atom stereocenters. The van der Waals surface area contributed by atoms with Gasteiger partial charge in [-0.15, -0.1) is 0 Å². The van der Waals surface area contributed by atoms with Crippen LogP contribution in [0.1, 0.15) is 5.56 Å². The maximum atomic E-state index is 11.0. The van der Waals surface area contributed by atoms with Crippen molar-refractivity contribution in [2.45, 2.75) is 6.54 Å². The van der Waals surface area contributed by atoms with Gasteiger partial charge >= 0.3 is 6.09 Å². The van der Waals surface area contributed by atoms with E-state index in [1.54, 1.807) is 19.4 Å². The Kier molecular flexibility index (Phi) is 4.98. The molecule has 0 saturated carbocycles. The zero-order valence-corrected chi connectivity index (χ0v) is 11.9. The van der Waals surface area contributed by atoms with Crippen LogP contribution >= 0.6 is 0 Å². The maximum absolute atomic E-state index is 11.0. The Bertz CT molecular complexity index is 599. The average molecular weight is 287 g/mol. The molecule has 2 aromatic rings. The van der Waals surface area contributed by atoms with Crippen LogP contribution in [-0.4, -0.2) is 25.3 Å². The summed E-state index contributed by atoms with van der Waals surface area (Å²) in [6, 6.07) is 11.3. The second-order valence-corrected chi connectivity index (χ2v) is 4.21. The number of hydrogen-bond donors (Lipinski definition) is 2. The van der Waals surface area contributed by atoms with E-state index in [2.05, 4.69) is 20.4 Å². The standard InChI is InChI=1S/C15H17N3O3/c1-20-13-6-4-3-5-11(13)9-16-12-7-8-14(17-10-12)18-15(19)21-2/h3-8,10,16H,9H2,1-2H3,(H,17,18,19). The number of carbonyl (C=O) groups excluding carboxylic acids is 1. The van der Waals surface area contributed by atoms with Gasteiger partial charge in [0.05, 0.1) is 26.1 Å². The van der Waals surface area contributed by atoms with Gasteiger partial charge in [-0.25, -0.2) is 9.78 Å². The van der Waals surface area contributed by atoms with Gasteiger partial charge in [0, 0.05) is 12.1 Å². The molecule has 1 aromatic carbocycles. The van der Waals surface area contributed by atoms with Crippen molar-refractivity contribution in [1.82, 2.24) is 4.98 Å². The molecule has 0 saturated heterocycles. The Morgan fingerprint density at radius 1 is 1.19 bits per heavy atom. The second kappa shape index (κ2) is 7.14. The highest BCUT2D eigenvalue weighted by atomic mass is 16.5. The quantitative estimate of drug-likeness (QED) is 0.884. The monoisotopic (exact) mass is 287 g/mol. The molecule has 6 nitrogen and oxygen atoms in total. The lowest BCUT2D eigenvalue weighted by Crippen LogP contribution is -2.12. The van der Waals surface area contributed by atoms with E-state index in [4.69, 9.17) is 4.74 Å². The molecule has 0 radical (unpaired) electrons. The molecule has 0 aliphatic rings. The summed E-state index contributed by atoms with van der Waals surface area (Å²) in [5.41, 5.74) is 1.90. The Morgan fingerprint density at radius 2 is 2.00 bits per heavy atom. The van der Waals surface area contributed by atoms with Gasteiger partial charge in [-0.3, -0.25) is 5.32 Å². The Labute approximate surface area is 123 Å². The summed E-state index contributed by atoms with van der Waals surface area (Å²) in [6.45, 7) is 0.621. The van der Waals surface area contributed by atoms with Gasteiger partial charge in [0.15, 0.2) is 0 Å². The van der Waals surface area contributed by atoms with Crippen LogP contribution in [0.15, 0.2) is 42.6 Å². The van der Waals surface area contributed by atoms with Crippen LogP contribution in [0.5, 0.6) is 5.75 Å². The number of para-hydroxylation sites is 1. The van der Waals surface area contributed by atoms with Crippen LogP contribution in [0.3, 0.4) is 0 Å². The number of methoxy groups -OCH3 is 2. The molecule has 1 amide bonds. The zero-order valence-electron chi connectivity index (χ0n) is 11.9. The van der Waals surface area contributed by atoms with Crippen LogP contribution in [0.2, 0.25) is 0 Å². The van der Waals surface area contributed by atoms with Crippen molar-refractivity contribution < 1.29 is 14.3 Å². The smallest absolute Gasteiger partial charge is 0.412 e. The first-order valence-corrected chi connectivity index (χ1v) is 6.39. The number of benzene rings is 1. The number of ether oxygens (including phenoxy) is 2. The molecular formula is C15H17N3O3. The number of rotatable bonds is 5. The fourth-order valence-corrected chi connectivity index (χ4v) is 1.77. The van der Waals surface area contributed by atoms with Crippen molar-refractivity contribution in [1.29, 1.82) is 0 Å². The highest BCUT2D eigenvalue weighted by Gasteiger charge is 2.03. The fourth-order valence-electron chi connectivity index (χ4n) is 1.77. The predicted octanol–water partition coefficient (Wildman–Crippen LogP) is 2.88. The summed E-state index contributed by atoms with van der Waals surface area (Å²) >= 11 is 0. The van der Waals surface area contributed by atoms with Gasteiger partial charge < -0.3 is 14.8 Å². The first kappa shape index (κ1) is 14.6. The molecule has 0 fully saturated rings. The van der Waals surface area contributed by atoms with Gasteiger partial charge in [-0.2, -0.15) is 0 Å². The number of aromatic nitrogens is 1. The molecule has 1 aromatic heterocycles. The van der Waals surface area contributed by atoms with E-state index in [1.807, 2.05) is 30.3 Å². The van der Waals surface area contributed by atoms with Crippen molar-refractivity contribution >= 4 is 17.6 Å². The molecule has 110 valence electrons. The minimum Gasteiger partial charge on any atom is -0.496 e. The number of anilines is 2. The third-order valence-electron chi connectivity index (χ3n) is 2.85. The highest BCUT2D eigenvalue weighted by Crippen LogP contribution is 2.19. The first-order chi connectivity index (χ1) is 10.2. The van der Waals surface area contributed by atoms with E-state index in [0.717, 1.165) is 17.0 Å². The summed E-state index contributed by atoms with van der Waals surface area (Å²) in [6.07, 6.45) is 1.10. The van der Waals surface area contributed by atoms with Crippen molar-refractivity contribution in [3.8, 4) is 5.75 Å². The molecule has 0 aliphatic heterocycles. The zero-order chi connectivity index (χ0) is 15.1. The number of nitrogens with one attached hydrogen (secondary N) is 2. The van der Waals surface area contributed by atoms with Crippen LogP contribution in [0.25, 0.3) is 0 Å². The summed E-state index contributed by atoms with van der Waals surface area (Å²) in [5, 5.41) is 5.73. The Balaban J connectivity index is 1.96. The topological polar surface area (TPSA) is 72.5 Å². The summed E-state index contributed by atoms with van der Waals surface area (Å²) < 4.78 is 9.79. The van der Waals surface area contributed by atoms with E-state index in [9.17, 15) is 4.79 Å². The van der Waals surface area contributed by atoms with Crippen LogP contribution in [0, 0.1) is 0 Å². The van der Waals surface area contributed by atoms with Crippen molar-refractivity contribution in [3.63, 3.8) is 0 Å². The Morgan fingerprint density at radius 3 is 2.67 bits per heavy atom. The van der Waals surface area contributed by atoms with Crippen LogP contribution in [0.4, 0.5) is 16.3 Å². The van der Waals surface area contributed by atoms with Gasteiger partial charge in [0.2, 0.25) is 0 Å². The normalized spacial score (nSPS) is 9.81. The lowest BCUT2D eigenvalue weighted by Gasteiger charge is -2.10. The molecule has 21 heavy (non-hydrogen) atoms. The highest BCUT2D eigenvalue weighted by molar-refractivity contribution is 5.83.